The number of fused-ring (bicyclic) bond motifs is 1. The number of rotatable bonds is 8. The molecule has 1 aliphatic carbocycles. The smallest absolute Gasteiger partial charge is 0.254 e. The number of benzene rings is 1. The molecule has 1 aromatic heterocycles. The molecule has 2 aromatic rings. The Morgan fingerprint density at radius 1 is 1.26 bits per heavy atom. The van der Waals surface area contributed by atoms with Crippen molar-refractivity contribution < 1.29 is 19.0 Å². The Bertz CT molecular complexity index is 999. The van der Waals surface area contributed by atoms with Crippen molar-refractivity contribution in [3.63, 3.8) is 0 Å². The molecule has 184 valence electrons. The van der Waals surface area contributed by atoms with E-state index in [-0.39, 0.29) is 31.3 Å². The second-order valence-corrected chi connectivity index (χ2v) is 8.71. The zero-order chi connectivity index (χ0) is 22.6. The van der Waals surface area contributed by atoms with E-state index in [0.29, 0.717) is 37.6 Å². The van der Waals surface area contributed by atoms with E-state index in [0.717, 1.165) is 49.4 Å². The van der Waals surface area contributed by atoms with Crippen LogP contribution < -0.4 is 26.4 Å². The third-order valence-corrected chi connectivity index (χ3v) is 5.94. The van der Waals surface area contributed by atoms with Crippen LogP contribution in [0.3, 0.4) is 0 Å². The summed E-state index contributed by atoms with van der Waals surface area (Å²) < 4.78 is 17.8. The lowest BCUT2D eigenvalue weighted by atomic mass is 10.1. The lowest BCUT2D eigenvalue weighted by Gasteiger charge is -2.24. The van der Waals surface area contributed by atoms with Crippen molar-refractivity contribution >= 4 is 42.5 Å². The van der Waals surface area contributed by atoms with E-state index in [2.05, 4.69) is 25.9 Å². The molecule has 3 aliphatic rings. The number of carbonyl (C=O) groups is 1. The average molecular weight is 489 g/mol. The van der Waals surface area contributed by atoms with Gasteiger partial charge >= 0.3 is 0 Å². The standard InChI is InChI=1S/C23H30N6O4.H2S/c24-21(30)18-11-26-23(29-22(18)27-14-4-5-14)28-15-6-7-20-19(9-15)25-10-17(13-33-20)32-12-16-3-1-2-8-31-16;/h6-7,9,11,14,16-17,25H,1-5,8,10,12-13H2,(H2,24,30)(H2,26,27,28,29);1H2/t16?,17-;/m0./s1. The zero-order valence-electron chi connectivity index (χ0n) is 19.0. The Kier molecular flexibility index (Phi) is 7.96. The van der Waals surface area contributed by atoms with Gasteiger partial charge in [0.15, 0.2) is 0 Å². The zero-order valence-corrected chi connectivity index (χ0v) is 20.0. The van der Waals surface area contributed by atoms with Crippen LogP contribution >= 0.6 is 13.5 Å². The summed E-state index contributed by atoms with van der Waals surface area (Å²) in [7, 11) is 0. The number of anilines is 4. The molecule has 0 radical (unpaired) electrons. The maximum atomic E-state index is 11.7. The fraction of sp³-hybridized carbons (Fsp3) is 0.522. The molecule has 1 unspecified atom stereocenters. The first-order chi connectivity index (χ1) is 16.1. The molecule has 1 amide bonds. The lowest BCUT2D eigenvalue weighted by Crippen LogP contribution is -2.33. The van der Waals surface area contributed by atoms with Gasteiger partial charge in [0, 0.05) is 31.1 Å². The summed E-state index contributed by atoms with van der Waals surface area (Å²) in [6.07, 6.45) is 7.07. The van der Waals surface area contributed by atoms with Crippen molar-refractivity contribution in [3.8, 4) is 5.75 Å². The monoisotopic (exact) mass is 488 g/mol. The van der Waals surface area contributed by atoms with E-state index in [4.69, 9.17) is 19.9 Å². The van der Waals surface area contributed by atoms with E-state index in [1.165, 1.54) is 12.6 Å². The second-order valence-electron chi connectivity index (χ2n) is 8.71. The molecule has 5 N–H and O–H groups in total. The summed E-state index contributed by atoms with van der Waals surface area (Å²) in [5.41, 5.74) is 7.41. The predicted octanol–water partition coefficient (Wildman–Crippen LogP) is 2.76. The molecule has 10 nitrogen and oxygen atoms in total. The minimum atomic E-state index is -0.553. The number of nitrogens with two attached hydrogens (primary N) is 1. The van der Waals surface area contributed by atoms with Crippen LogP contribution in [0.5, 0.6) is 5.75 Å². The fourth-order valence-corrected chi connectivity index (χ4v) is 3.91. The van der Waals surface area contributed by atoms with Gasteiger partial charge in [-0.3, -0.25) is 4.79 Å². The minimum Gasteiger partial charge on any atom is -0.489 e. The van der Waals surface area contributed by atoms with Gasteiger partial charge in [0.1, 0.15) is 24.3 Å². The van der Waals surface area contributed by atoms with Gasteiger partial charge in [0.25, 0.3) is 5.91 Å². The number of nitrogens with zero attached hydrogens (tertiary/aromatic N) is 2. The van der Waals surface area contributed by atoms with E-state index >= 15 is 0 Å². The Hall–Kier alpha value is -2.76. The highest BCUT2D eigenvalue weighted by Gasteiger charge is 2.24. The van der Waals surface area contributed by atoms with Crippen LogP contribution in [0.15, 0.2) is 24.4 Å². The van der Waals surface area contributed by atoms with Gasteiger partial charge in [-0.15, -0.1) is 0 Å². The normalized spacial score (nSPS) is 21.6. The summed E-state index contributed by atoms with van der Waals surface area (Å²) in [6.45, 7) is 2.53. The van der Waals surface area contributed by atoms with Crippen LogP contribution in [0, 0.1) is 0 Å². The highest BCUT2D eigenvalue weighted by molar-refractivity contribution is 7.59. The van der Waals surface area contributed by atoms with Gasteiger partial charge < -0.3 is 35.9 Å². The van der Waals surface area contributed by atoms with Crippen LogP contribution in [0.2, 0.25) is 0 Å². The molecule has 2 atom stereocenters. The average Bonchev–Trinajstić information content (AvgIpc) is 3.65. The molecule has 11 heteroatoms. The van der Waals surface area contributed by atoms with Crippen LogP contribution in [-0.2, 0) is 9.47 Å². The minimum absolute atomic E-state index is 0. The molecular formula is C23H32N6O4S. The number of carbonyl (C=O) groups excluding carboxylic acids is 1. The Morgan fingerprint density at radius 3 is 2.91 bits per heavy atom. The molecule has 1 saturated heterocycles. The second kappa shape index (κ2) is 11.1. The Labute approximate surface area is 205 Å². The first-order valence-corrected chi connectivity index (χ1v) is 11.6. The third kappa shape index (κ3) is 6.22. The maximum Gasteiger partial charge on any atom is 0.254 e. The van der Waals surface area contributed by atoms with Gasteiger partial charge in [-0.05, 0) is 50.3 Å². The first-order valence-electron chi connectivity index (χ1n) is 11.6. The molecule has 0 spiro atoms. The quantitative estimate of drug-likeness (QED) is 0.443. The molecule has 34 heavy (non-hydrogen) atoms. The van der Waals surface area contributed by atoms with Crippen LogP contribution in [0.4, 0.5) is 23.1 Å². The largest absolute Gasteiger partial charge is 0.489 e. The maximum absolute atomic E-state index is 11.7. The topological polar surface area (TPSA) is 133 Å². The molecule has 1 aromatic carbocycles. The molecule has 2 aliphatic heterocycles. The van der Waals surface area contributed by atoms with Crippen LogP contribution in [0.1, 0.15) is 42.5 Å². The first kappa shape index (κ1) is 24.4. The molecule has 3 heterocycles. The summed E-state index contributed by atoms with van der Waals surface area (Å²) in [5, 5.41) is 9.85. The predicted molar refractivity (Wildman–Crippen MR) is 135 cm³/mol. The van der Waals surface area contributed by atoms with Gasteiger partial charge in [0.05, 0.1) is 24.0 Å². The molecule has 5 rings (SSSR count). The summed E-state index contributed by atoms with van der Waals surface area (Å²) >= 11 is 0. The lowest BCUT2D eigenvalue weighted by molar-refractivity contribution is -0.0669. The molecular weight excluding hydrogens is 456 g/mol. The van der Waals surface area contributed by atoms with Crippen molar-refractivity contribution in [2.75, 3.05) is 42.3 Å². The SMILES string of the molecule is NC(=O)c1cnc(Nc2ccc3c(c2)NC[C@H](OCC2CCCCO2)CO3)nc1NC1CC1.S. The number of aromatic nitrogens is 2. The summed E-state index contributed by atoms with van der Waals surface area (Å²) in [6, 6.07) is 6.08. The van der Waals surface area contributed by atoms with E-state index in [1.54, 1.807) is 0 Å². The molecule has 1 saturated carbocycles. The number of hydrogen-bond acceptors (Lipinski definition) is 9. The highest BCUT2D eigenvalue weighted by atomic mass is 32.1. The number of amides is 1. The van der Waals surface area contributed by atoms with Crippen molar-refractivity contribution in [1.82, 2.24) is 9.97 Å². The van der Waals surface area contributed by atoms with Crippen molar-refractivity contribution in [2.24, 2.45) is 5.73 Å². The van der Waals surface area contributed by atoms with E-state index in [9.17, 15) is 4.79 Å². The molecule has 0 bridgehead atoms. The van der Waals surface area contributed by atoms with Crippen molar-refractivity contribution in [1.29, 1.82) is 0 Å². The summed E-state index contributed by atoms with van der Waals surface area (Å²) in [5.74, 6) is 1.05. The van der Waals surface area contributed by atoms with Crippen molar-refractivity contribution in [3.05, 3.63) is 30.0 Å². The Morgan fingerprint density at radius 2 is 2.15 bits per heavy atom. The van der Waals surface area contributed by atoms with Crippen LogP contribution in [-0.4, -0.2) is 60.5 Å². The molecule has 2 fully saturated rings. The van der Waals surface area contributed by atoms with Crippen molar-refractivity contribution in [2.45, 2.75) is 50.4 Å². The van der Waals surface area contributed by atoms with Crippen LogP contribution in [0.25, 0.3) is 0 Å². The third-order valence-electron chi connectivity index (χ3n) is 5.94. The van der Waals surface area contributed by atoms with Gasteiger partial charge in [-0.25, -0.2) is 4.98 Å². The van der Waals surface area contributed by atoms with Gasteiger partial charge in [-0.2, -0.15) is 18.5 Å². The fourth-order valence-electron chi connectivity index (χ4n) is 3.91. The summed E-state index contributed by atoms with van der Waals surface area (Å²) in [4.78, 5) is 20.4. The number of primary amides is 1. The van der Waals surface area contributed by atoms with E-state index in [1.807, 2.05) is 18.2 Å². The Balaban J connectivity index is 0.00000274. The number of hydrogen-bond donors (Lipinski definition) is 4. The number of ether oxygens (including phenoxy) is 3. The van der Waals surface area contributed by atoms with E-state index < -0.39 is 5.91 Å². The number of nitrogens with one attached hydrogen (secondary N) is 3. The van der Waals surface area contributed by atoms with Gasteiger partial charge in [0.2, 0.25) is 5.95 Å². The van der Waals surface area contributed by atoms with Gasteiger partial charge in [-0.1, -0.05) is 0 Å². The highest BCUT2D eigenvalue weighted by Crippen LogP contribution is 2.32.